The minimum absolute atomic E-state index is 0.0288. The SMILES string of the molecule is CN=C(NCCNS(=O)(=O)c1ccc(C)cc1)NCc1ccccc1OC(F)(F)F. The van der Waals surface area contributed by atoms with Crippen molar-refractivity contribution < 1.29 is 26.3 Å². The van der Waals surface area contributed by atoms with Crippen molar-refractivity contribution in [3.8, 4) is 5.75 Å². The number of sulfonamides is 1. The highest BCUT2D eigenvalue weighted by atomic mass is 32.2. The average molecular weight is 444 g/mol. The summed E-state index contributed by atoms with van der Waals surface area (Å²) in [6.07, 6.45) is -4.79. The summed E-state index contributed by atoms with van der Waals surface area (Å²) in [7, 11) is -2.14. The minimum Gasteiger partial charge on any atom is -0.405 e. The smallest absolute Gasteiger partial charge is 0.405 e. The Bertz CT molecular complexity index is 962. The Balaban J connectivity index is 1.84. The number of aliphatic imine (C=N–C) groups is 1. The zero-order chi connectivity index (χ0) is 22.2. The summed E-state index contributed by atoms with van der Waals surface area (Å²) in [4.78, 5) is 4.13. The summed E-state index contributed by atoms with van der Waals surface area (Å²) < 4.78 is 68.4. The molecule has 0 aliphatic rings. The maximum Gasteiger partial charge on any atom is 0.573 e. The van der Waals surface area contributed by atoms with Gasteiger partial charge >= 0.3 is 6.36 Å². The molecular formula is C19H23F3N4O3S. The number of nitrogens with one attached hydrogen (secondary N) is 3. The number of aryl methyl sites for hydroxylation is 1. The third-order valence-electron chi connectivity index (χ3n) is 3.91. The van der Waals surface area contributed by atoms with Crippen LogP contribution < -0.4 is 20.1 Å². The fraction of sp³-hybridized carbons (Fsp3) is 0.316. The van der Waals surface area contributed by atoms with Crippen molar-refractivity contribution in [2.45, 2.75) is 24.7 Å². The molecule has 0 heterocycles. The van der Waals surface area contributed by atoms with Crippen molar-refractivity contribution >= 4 is 16.0 Å². The number of guanidine groups is 1. The zero-order valence-electron chi connectivity index (χ0n) is 16.5. The van der Waals surface area contributed by atoms with Gasteiger partial charge in [-0.25, -0.2) is 13.1 Å². The number of nitrogens with zero attached hydrogens (tertiary/aromatic N) is 1. The van der Waals surface area contributed by atoms with Gasteiger partial charge in [-0.05, 0) is 25.1 Å². The topological polar surface area (TPSA) is 91.8 Å². The molecule has 0 aliphatic heterocycles. The molecule has 2 aromatic rings. The molecule has 0 radical (unpaired) electrons. The largest absolute Gasteiger partial charge is 0.573 e. The van der Waals surface area contributed by atoms with Crippen molar-refractivity contribution in [2.75, 3.05) is 20.1 Å². The van der Waals surface area contributed by atoms with E-state index in [0.717, 1.165) is 5.56 Å². The highest BCUT2D eigenvalue weighted by Gasteiger charge is 2.31. The van der Waals surface area contributed by atoms with E-state index in [2.05, 4.69) is 25.1 Å². The van der Waals surface area contributed by atoms with E-state index >= 15 is 0 Å². The molecule has 0 spiro atoms. The Morgan fingerprint density at radius 1 is 1.03 bits per heavy atom. The zero-order valence-corrected chi connectivity index (χ0v) is 17.3. The molecule has 0 aliphatic carbocycles. The van der Waals surface area contributed by atoms with Gasteiger partial charge in [-0.1, -0.05) is 35.9 Å². The molecule has 0 aromatic heterocycles. The second kappa shape index (κ2) is 10.3. The van der Waals surface area contributed by atoms with Gasteiger partial charge in [0, 0.05) is 32.2 Å². The maximum absolute atomic E-state index is 12.5. The van der Waals surface area contributed by atoms with E-state index in [1.54, 1.807) is 18.2 Å². The van der Waals surface area contributed by atoms with Gasteiger partial charge in [0.15, 0.2) is 5.96 Å². The Labute approximate surface area is 173 Å². The molecule has 2 rings (SSSR count). The van der Waals surface area contributed by atoms with E-state index in [-0.39, 0.29) is 35.8 Å². The first-order valence-electron chi connectivity index (χ1n) is 8.95. The van der Waals surface area contributed by atoms with Crippen LogP contribution in [0, 0.1) is 6.92 Å². The Kier molecular flexibility index (Phi) is 8.07. The fourth-order valence-corrected chi connectivity index (χ4v) is 3.47. The number of ether oxygens (including phenoxy) is 1. The van der Waals surface area contributed by atoms with Gasteiger partial charge in [0.25, 0.3) is 0 Å². The summed E-state index contributed by atoms with van der Waals surface area (Å²) in [5.41, 5.74) is 1.24. The Morgan fingerprint density at radius 2 is 1.70 bits per heavy atom. The standard InChI is InChI=1S/C19H23F3N4O3S/c1-14-7-9-16(10-8-14)30(27,28)26-12-11-24-18(23-2)25-13-15-5-3-4-6-17(15)29-19(20,21)22/h3-10,26H,11-13H2,1-2H3,(H2,23,24,25). The minimum atomic E-state index is -4.79. The molecule has 0 bridgehead atoms. The fourth-order valence-electron chi connectivity index (χ4n) is 2.44. The van der Waals surface area contributed by atoms with Crippen LogP contribution in [0.15, 0.2) is 58.4 Å². The van der Waals surface area contributed by atoms with E-state index in [4.69, 9.17) is 0 Å². The Hall–Kier alpha value is -2.79. The predicted molar refractivity (Wildman–Crippen MR) is 108 cm³/mol. The van der Waals surface area contributed by atoms with E-state index in [1.807, 2.05) is 6.92 Å². The molecule has 0 amide bonds. The lowest BCUT2D eigenvalue weighted by molar-refractivity contribution is -0.274. The number of benzene rings is 2. The summed E-state index contributed by atoms with van der Waals surface area (Å²) in [6.45, 7) is 2.19. The number of para-hydroxylation sites is 1. The second-order valence-corrected chi connectivity index (χ2v) is 7.99. The van der Waals surface area contributed by atoms with Crippen molar-refractivity contribution in [2.24, 2.45) is 4.99 Å². The highest BCUT2D eigenvalue weighted by molar-refractivity contribution is 7.89. The van der Waals surface area contributed by atoms with Gasteiger partial charge in [-0.15, -0.1) is 13.2 Å². The number of hydrogen-bond acceptors (Lipinski definition) is 4. The van der Waals surface area contributed by atoms with Gasteiger partial charge in [0.2, 0.25) is 10.0 Å². The first kappa shape index (κ1) is 23.5. The lowest BCUT2D eigenvalue weighted by Crippen LogP contribution is -2.41. The van der Waals surface area contributed by atoms with Gasteiger partial charge in [0.05, 0.1) is 4.90 Å². The molecule has 7 nitrogen and oxygen atoms in total. The molecular weight excluding hydrogens is 421 g/mol. The summed E-state index contributed by atoms with van der Waals surface area (Å²) >= 11 is 0. The molecule has 0 saturated heterocycles. The summed E-state index contributed by atoms with van der Waals surface area (Å²) in [5, 5.41) is 5.75. The number of alkyl halides is 3. The average Bonchev–Trinajstić information content (AvgIpc) is 2.67. The van der Waals surface area contributed by atoms with E-state index < -0.39 is 16.4 Å². The highest BCUT2D eigenvalue weighted by Crippen LogP contribution is 2.26. The second-order valence-electron chi connectivity index (χ2n) is 6.22. The van der Waals surface area contributed by atoms with Crippen LogP contribution in [0.4, 0.5) is 13.2 Å². The normalized spacial score (nSPS) is 12.5. The molecule has 3 N–H and O–H groups in total. The van der Waals surface area contributed by atoms with Crippen LogP contribution in [0.3, 0.4) is 0 Å². The molecule has 0 unspecified atom stereocenters. The monoisotopic (exact) mass is 444 g/mol. The van der Waals surface area contributed by atoms with Crippen molar-refractivity contribution in [3.05, 3.63) is 59.7 Å². The van der Waals surface area contributed by atoms with Crippen LogP contribution in [-0.4, -0.2) is 40.9 Å². The summed E-state index contributed by atoms with van der Waals surface area (Å²) in [5.74, 6) is -0.00911. The van der Waals surface area contributed by atoms with Crippen molar-refractivity contribution in [1.29, 1.82) is 0 Å². The molecule has 30 heavy (non-hydrogen) atoms. The van der Waals surface area contributed by atoms with Crippen molar-refractivity contribution in [3.63, 3.8) is 0 Å². The molecule has 164 valence electrons. The molecule has 11 heteroatoms. The van der Waals surface area contributed by atoms with Gasteiger partial charge in [-0.3, -0.25) is 4.99 Å². The molecule has 2 aromatic carbocycles. The number of halogens is 3. The Morgan fingerprint density at radius 3 is 2.33 bits per heavy atom. The lowest BCUT2D eigenvalue weighted by atomic mass is 10.2. The van der Waals surface area contributed by atoms with Crippen LogP contribution >= 0.6 is 0 Å². The van der Waals surface area contributed by atoms with Gasteiger partial charge < -0.3 is 15.4 Å². The van der Waals surface area contributed by atoms with Crippen LogP contribution in [0.1, 0.15) is 11.1 Å². The lowest BCUT2D eigenvalue weighted by Gasteiger charge is -2.15. The van der Waals surface area contributed by atoms with Gasteiger partial charge in [-0.2, -0.15) is 0 Å². The first-order valence-corrected chi connectivity index (χ1v) is 10.4. The van der Waals surface area contributed by atoms with E-state index in [0.29, 0.717) is 5.96 Å². The van der Waals surface area contributed by atoms with Crippen LogP contribution in [0.2, 0.25) is 0 Å². The molecule has 0 atom stereocenters. The van der Waals surface area contributed by atoms with Crippen LogP contribution in [0.5, 0.6) is 5.75 Å². The molecule has 0 saturated carbocycles. The summed E-state index contributed by atoms with van der Waals surface area (Å²) in [6, 6.07) is 12.2. The van der Waals surface area contributed by atoms with E-state index in [1.165, 1.54) is 37.4 Å². The molecule has 0 fully saturated rings. The van der Waals surface area contributed by atoms with Crippen LogP contribution in [-0.2, 0) is 16.6 Å². The third-order valence-corrected chi connectivity index (χ3v) is 5.39. The van der Waals surface area contributed by atoms with Crippen molar-refractivity contribution in [1.82, 2.24) is 15.4 Å². The van der Waals surface area contributed by atoms with Crippen LogP contribution in [0.25, 0.3) is 0 Å². The van der Waals surface area contributed by atoms with E-state index in [9.17, 15) is 21.6 Å². The quantitative estimate of drug-likeness (QED) is 0.331. The number of rotatable bonds is 8. The van der Waals surface area contributed by atoms with Gasteiger partial charge in [0.1, 0.15) is 5.75 Å². The maximum atomic E-state index is 12.5. The predicted octanol–water partition coefficient (Wildman–Crippen LogP) is 2.54. The first-order chi connectivity index (χ1) is 14.1. The third kappa shape index (κ3) is 7.56. The number of hydrogen-bond donors (Lipinski definition) is 3.